The average molecular weight is 473 g/mol. The van der Waals surface area contributed by atoms with Crippen LogP contribution in [-0.2, 0) is 10.1 Å². The van der Waals surface area contributed by atoms with Gasteiger partial charge in [-0.25, -0.2) is 0 Å². The monoisotopic (exact) mass is 472 g/mol. The highest BCUT2D eigenvalue weighted by atomic mass is 32.2. The van der Waals surface area contributed by atoms with Gasteiger partial charge in [0, 0.05) is 11.1 Å². The smallest absolute Gasteiger partial charge is 0.298 e. The Hall–Kier alpha value is -1.47. The Bertz CT molecular complexity index is 921. The van der Waals surface area contributed by atoms with Crippen molar-refractivity contribution in [2.45, 2.75) is 92.9 Å². The predicted octanol–water partition coefficient (Wildman–Crippen LogP) is 6.58. The minimum Gasteiger partial charge on any atom is -0.503 e. The molecule has 0 bridgehead atoms. The van der Waals surface area contributed by atoms with E-state index >= 15 is 0 Å². The van der Waals surface area contributed by atoms with E-state index in [1.165, 1.54) is 14.2 Å². The molecule has 0 saturated heterocycles. The molecule has 1 rings (SSSR count). The number of hydrogen-bond acceptors (Lipinski definition) is 5. The lowest BCUT2D eigenvalue weighted by atomic mass is 9.56. The van der Waals surface area contributed by atoms with Crippen molar-refractivity contribution in [1.29, 1.82) is 0 Å². The van der Waals surface area contributed by atoms with Crippen molar-refractivity contribution in [1.82, 2.24) is 0 Å². The van der Waals surface area contributed by atoms with E-state index in [9.17, 15) is 18.1 Å². The molecule has 0 spiro atoms. The second kappa shape index (κ2) is 9.41. The molecule has 0 fully saturated rings. The molecular weight excluding hydrogens is 428 g/mol. The molecular formula is C25H44O6S. The summed E-state index contributed by atoms with van der Waals surface area (Å²) in [5.74, 6) is -0.298. The third-order valence-corrected chi connectivity index (χ3v) is 6.97. The molecule has 0 radical (unpaired) electrons. The Morgan fingerprint density at radius 3 is 1.72 bits per heavy atom. The van der Waals surface area contributed by atoms with Gasteiger partial charge >= 0.3 is 0 Å². The first kappa shape index (κ1) is 28.6. The summed E-state index contributed by atoms with van der Waals surface area (Å²) in [7, 11) is -1.98. The second-order valence-corrected chi connectivity index (χ2v) is 13.4. The number of phenolic OH excluding ortho intramolecular Hbond substituents is 1. The zero-order valence-electron chi connectivity index (χ0n) is 22.0. The van der Waals surface area contributed by atoms with Crippen molar-refractivity contribution in [3.63, 3.8) is 0 Å². The largest absolute Gasteiger partial charge is 0.503 e. The van der Waals surface area contributed by atoms with E-state index in [0.29, 0.717) is 22.8 Å². The lowest BCUT2D eigenvalue weighted by molar-refractivity contribution is 0.0750. The maximum absolute atomic E-state index is 12.7. The lowest BCUT2D eigenvalue weighted by Gasteiger charge is -2.49. The normalized spacial score (nSPS) is 14.6. The van der Waals surface area contributed by atoms with Crippen LogP contribution in [0, 0.1) is 29.1 Å². The molecule has 0 saturated carbocycles. The SMILES string of the molecule is COc1c(C)c(OC)c(C(C(C)(C)CC(C)C)C(C)(C)CC(C)(C)C)c(S(=O)(=O)O)c1O. The Morgan fingerprint density at radius 1 is 0.906 bits per heavy atom. The van der Waals surface area contributed by atoms with Crippen LogP contribution in [0.3, 0.4) is 0 Å². The summed E-state index contributed by atoms with van der Waals surface area (Å²) < 4.78 is 46.7. The van der Waals surface area contributed by atoms with E-state index in [-0.39, 0.29) is 22.5 Å². The number of ether oxygens (including phenoxy) is 2. The van der Waals surface area contributed by atoms with Crippen LogP contribution in [0.2, 0.25) is 0 Å². The van der Waals surface area contributed by atoms with Gasteiger partial charge in [0.1, 0.15) is 10.6 Å². The van der Waals surface area contributed by atoms with Crippen LogP contribution < -0.4 is 9.47 Å². The molecule has 0 aliphatic rings. The van der Waals surface area contributed by atoms with Crippen molar-refractivity contribution in [2.75, 3.05) is 14.2 Å². The molecule has 0 aliphatic heterocycles. The van der Waals surface area contributed by atoms with Gasteiger partial charge in [-0.15, -0.1) is 0 Å². The Kier molecular flexibility index (Phi) is 8.40. The maximum atomic E-state index is 12.7. The number of hydrogen-bond donors (Lipinski definition) is 2. The van der Waals surface area contributed by atoms with E-state index in [1.54, 1.807) is 6.92 Å². The van der Waals surface area contributed by atoms with E-state index < -0.39 is 26.2 Å². The van der Waals surface area contributed by atoms with Crippen LogP contribution in [0.1, 0.15) is 92.2 Å². The van der Waals surface area contributed by atoms with Crippen molar-refractivity contribution in [3.05, 3.63) is 11.1 Å². The van der Waals surface area contributed by atoms with Gasteiger partial charge in [-0.1, -0.05) is 62.3 Å². The minimum absolute atomic E-state index is 0.0210. The lowest BCUT2D eigenvalue weighted by Crippen LogP contribution is -2.39. The topological polar surface area (TPSA) is 93.1 Å². The fourth-order valence-corrected chi connectivity index (χ4v) is 7.16. The van der Waals surface area contributed by atoms with Gasteiger partial charge < -0.3 is 14.6 Å². The van der Waals surface area contributed by atoms with Gasteiger partial charge in [-0.3, -0.25) is 4.55 Å². The molecule has 1 aromatic carbocycles. The molecule has 6 nitrogen and oxygen atoms in total. The minimum atomic E-state index is -4.79. The fourth-order valence-electron chi connectivity index (χ4n) is 6.33. The Morgan fingerprint density at radius 2 is 1.38 bits per heavy atom. The first-order valence-corrected chi connectivity index (χ1v) is 12.6. The van der Waals surface area contributed by atoms with Gasteiger partial charge in [0.05, 0.1) is 14.2 Å². The molecule has 1 unspecified atom stereocenters. The maximum Gasteiger partial charge on any atom is 0.298 e. The van der Waals surface area contributed by atoms with Crippen LogP contribution in [0.25, 0.3) is 0 Å². The van der Waals surface area contributed by atoms with Gasteiger partial charge in [0.25, 0.3) is 10.1 Å². The predicted molar refractivity (Wildman–Crippen MR) is 130 cm³/mol. The number of methoxy groups -OCH3 is 2. The first-order chi connectivity index (χ1) is 14.2. The molecule has 0 aliphatic carbocycles. The molecule has 32 heavy (non-hydrogen) atoms. The second-order valence-electron chi connectivity index (χ2n) is 12.0. The van der Waals surface area contributed by atoms with E-state index in [1.807, 2.05) is 0 Å². The Balaban J connectivity index is 4.28. The molecule has 0 aromatic heterocycles. The van der Waals surface area contributed by atoms with Gasteiger partial charge in [-0.05, 0) is 47.8 Å². The number of aromatic hydroxyl groups is 1. The average Bonchev–Trinajstić information content (AvgIpc) is 2.49. The van der Waals surface area contributed by atoms with Crippen molar-refractivity contribution < 1.29 is 27.6 Å². The highest BCUT2D eigenvalue weighted by molar-refractivity contribution is 7.86. The van der Waals surface area contributed by atoms with Crippen LogP contribution in [0.15, 0.2) is 4.90 Å². The summed E-state index contributed by atoms with van der Waals surface area (Å²) >= 11 is 0. The number of benzene rings is 1. The Labute approximate surface area is 195 Å². The van der Waals surface area contributed by atoms with Gasteiger partial charge in [-0.2, -0.15) is 8.42 Å². The molecule has 1 aromatic rings. The zero-order chi connectivity index (χ0) is 25.4. The van der Waals surface area contributed by atoms with Crippen LogP contribution in [-0.4, -0.2) is 32.3 Å². The molecule has 7 heteroatoms. The third-order valence-electron chi connectivity index (χ3n) is 6.04. The van der Waals surface area contributed by atoms with Gasteiger partial charge in [0.15, 0.2) is 11.5 Å². The molecule has 0 amide bonds. The van der Waals surface area contributed by atoms with E-state index in [4.69, 9.17) is 9.47 Å². The van der Waals surface area contributed by atoms with Crippen molar-refractivity contribution in [2.24, 2.45) is 22.2 Å². The zero-order valence-corrected chi connectivity index (χ0v) is 22.8. The number of rotatable bonds is 9. The third kappa shape index (κ3) is 6.10. The molecule has 1 atom stereocenters. The molecule has 0 heterocycles. The van der Waals surface area contributed by atoms with Crippen LogP contribution in [0.4, 0.5) is 0 Å². The van der Waals surface area contributed by atoms with E-state index in [2.05, 4.69) is 62.3 Å². The summed E-state index contributed by atoms with van der Waals surface area (Å²) in [4.78, 5) is -0.527. The molecule has 186 valence electrons. The summed E-state index contributed by atoms with van der Waals surface area (Å²) in [6, 6.07) is 0. The fraction of sp³-hybridized carbons (Fsp3) is 0.760. The summed E-state index contributed by atoms with van der Waals surface area (Å²) in [5, 5.41) is 11.0. The van der Waals surface area contributed by atoms with Crippen molar-refractivity contribution >= 4 is 10.1 Å². The quantitative estimate of drug-likeness (QED) is 0.394. The van der Waals surface area contributed by atoms with Crippen molar-refractivity contribution in [3.8, 4) is 17.2 Å². The summed E-state index contributed by atoms with van der Waals surface area (Å²) in [5.41, 5.74) is -0.0255. The standard InChI is InChI=1S/C25H44O6S/c1-15(2)13-24(7,8)22(25(9,10)14-23(4,5)6)17-19(30-11)16(3)20(31-12)18(26)21(17)32(27,28)29/h15,22,26H,13-14H2,1-12H3,(H,27,28,29). The first-order valence-electron chi connectivity index (χ1n) is 11.2. The van der Waals surface area contributed by atoms with Crippen LogP contribution in [0.5, 0.6) is 17.2 Å². The molecule has 2 N–H and O–H groups in total. The highest BCUT2D eigenvalue weighted by Gasteiger charge is 2.48. The van der Waals surface area contributed by atoms with Crippen LogP contribution >= 0.6 is 0 Å². The summed E-state index contributed by atoms with van der Waals surface area (Å²) in [6.07, 6.45) is 1.59. The van der Waals surface area contributed by atoms with E-state index in [0.717, 1.165) is 12.8 Å². The highest BCUT2D eigenvalue weighted by Crippen LogP contribution is 2.60. The summed E-state index contributed by atoms with van der Waals surface area (Å²) in [6.45, 7) is 20.9. The number of phenols is 1. The van der Waals surface area contributed by atoms with Gasteiger partial charge in [0.2, 0.25) is 0 Å².